The van der Waals surface area contributed by atoms with Gasteiger partial charge in [-0.15, -0.1) is 0 Å². The number of nitrogens with two attached hydrogens (primary N) is 1. The fourth-order valence-corrected chi connectivity index (χ4v) is 1.82. The van der Waals surface area contributed by atoms with Crippen LogP contribution in [0.4, 0.5) is 5.69 Å². The SMILES string of the molecule is CCc1nc2cc(N)ccc2n1CC. The van der Waals surface area contributed by atoms with E-state index in [1.165, 1.54) is 5.52 Å². The predicted octanol–water partition coefficient (Wildman–Crippen LogP) is 2.20. The molecule has 3 nitrogen and oxygen atoms in total. The molecular formula is C11H15N3. The molecule has 0 aliphatic rings. The molecule has 14 heavy (non-hydrogen) atoms. The van der Waals surface area contributed by atoms with E-state index in [9.17, 15) is 0 Å². The van der Waals surface area contributed by atoms with Gasteiger partial charge in [0, 0.05) is 18.7 Å². The third-order valence-corrected chi connectivity index (χ3v) is 2.48. The van der Waals surface area contributed by atoms with Gasteiger partial charge in [0.1, 0.15) is 5.82 Å². The molecule has 0 atom stereocenters. The van der Waals surface area contributed by atoms with Crippen LogP contribution in [0, 0.1) is 0 Å². The van der Waals surface area contributed by atoms with E-state index in [0.29, 0.717) is 0 Å². The highest BCUT2D eigenvalue weighted by atomic mass is 15.1. The summed E-state index contributed by atoms with van der Waals surface area (Å²) in [4.78, 5) is 4.55. The normalized spacial score (nSPS) is 11.0. The van der Waals surface area contributed by atoms with Gasteiger partial charge >= 0.3 is 0 Å². The largest absolute Gasteiger partial charge is 0.399 e. The molecule has 74 valence electrons. The Hall–Kier alpha value is -1.51. The third-order valence-electron chi connectivity index (χ3n) is 2.48. The fourth-order valence-electron chi connectivity index (χ4n) is 1.82. The topological polar surface area (TPSA) is 43.8 Å². The minimum Gasteiger partial charge on any atom is -0.399 e. The Morgan fingerprint density at radius 2 is 2.14 bits per heavy atom. The highest BCUT2D eigenvalue weighted by Gasteiger charge is 2.07. The minimum absolute atomic E-state index is 0.779. The van der Waals surface area contributed by atoms with Crippen LogP contribution in [0.1, 0.15) is 19.7 Å². The van der Waals surface area contributed by atoms with Crippen LogP contribution >= 0.6 is 0 Å². The standard InChI is InChI=1S/C11H15N3/c1-3-11-13-9-7-8(12)5-6-10(9)14(11)4-2/h5-7H,3-4,12H2,1-2H3. The smallest absolute Gasteiger partial charge is 0.109 e. The molecule has 0 bridgehead atoms. The van der Waals surface area contributed by atoms with E-state index in [0.717, 1.165) is 30.0 Å². The van der Waals surface area contributed by atoms with E-state index < -0.39 is 0 Å². The lowest BCUT2D eigenvalue weighted by atomic mass is 10.3. The number of nitrogen functional groups attached to an aromatic ring is 1. The first kappa shape index (κ1) is 9.06. The van der Waals surface area contributed by atoms with Gasteiger partial charge in [-0.25, -0.2) is 4.98 Å². The summed E-state index contributed by atoms with van der Waals surface area (Å²) in [6, 6.07) is 5.90. The number of fused-ring (bicyclic) bond motifs is 1. The van der Waals surface area contributed by atoms with Crippen LogP contribution in [0.25, 0.3) is 11.0 Å². The minimum atomic E-state index is 0.779. The summed E-state index contributed by atoms with van der Waals surface area (Å²) < 4.78 is 2.23. The van der Waals surface area contributed by atoms with Crippen molar-refractivity contribution < 1.29 is 0 Å². The number of aromatic nitrogens is 2. The maximum atomic E-state index is 5.72. The lowest BCUT2D eigenvalue weighted by molar-refractivity contribution is 0.726. The van der Waals surface area contributed by atoms with Gasteiger partial charge in [-0.05, 0) is 25.1 Å². The van der Waals surface area contributed by atoms with E-state index in [4.69, 9.17) is 5.73 Å². The molecule has 1 aromatic heterocycles. The average Bonchev–Trinajstić information content (AvgIpc) is 2.54. The molecule has 0 saturated heterocycles. The molecule has 0 aliphatic heterocycles. The maximum Gasteiger partial charge on any atom is 0.109 e. The van der Waals surface area contributed by atoms with Crippen molar-refractivity contribution in [2.45, 2.75) is 26.8 Å². The first-order valence-corrected chi connectivity index (χ1v) is 5.01. The van der Waals surface area contributed by atoms with Gasteiger partial charge in [-0.2, -0.15) is 0 Å². The Morgan fingerprint density at radius 1 is 1.36 bits per heavy atom. The van der Waals surface area contributed by atoms with E-state index in [1.807, 2.05) is 18.2 Å². The van der Waals surface area contributed by atoms with Crippen molar-refractivity contribution in [2.24, 2.45) is 0 Å². The van der Waals surface area contributed by atoms with Gasteiger partial charge in [-0.1, -0.05) is 6.92 Å². The number of imidazole rings is 1. The molecule has 0 fully saturated rings. The molecule has 0 unspecified atom stereocenters. The number of rotatable bonds is 2. The van der Waals surface area contributed by atoms with Crippen molar-refractivity contribution in [1.82, 2.24) is 9.55 Å². The van der Waals surface area contributed by atoms with Crippen LogP contribution in [0.3, 0.4) is 0 Å². The second-order valence-corrected chi connectivity index (χ2v) is 3.37. The first-order chi connectivity index (χ1) is 6.76. The Morgan fingerprint density at radius 3 is 2.79 bits per heavy atom. The molecule has 0 saturated carbocycles. The van der Waals surface area contributed by atoms with Crippen LogP contribution in [-0.4, -0.2) is 9.55 Å². The highest BCUT2D eigenvalue weighted by molar-refractivity contribution is 5.79. The van der Waals surface area contributed by atoms with Crippen molar-refractivity contribution in [2.75, 3.05) is 5.73 Å². The zero-order valence-electron chi connectivity index (χ0n) is 8.62. The van der Waals surface area contributed by atoms with Crippen LogP contribution in [-0.2, 0) is 13.0 Å². The van der Waals surface area contributed by atoms with Gasteiger partial charge in [0.15, 0.2) is 0 Å². The summed E-state index contributed by atoms with van der Waals surface area (Å²) in [6.45, 7) is 5.22. The van der Waals surface area contributed by atoms with Crippen molar-refractivity contribution in [1.29, 1.82) is 0 Å². The van der Waals surface area contributed by atoms with Gasteiger partial charge in [0.05, 0.1) is 11.0 Å². The van der Waals surface area contributed by atoms with E-state index >= 15 is 0 Å². The second kappa shape index (κ2) is 3.33. The summed E-state index contributed by atoms with van der Waals surface area (Å²) in [5.74, 6) is 1.13. The highest BCUT2D eigenvalue weighted by Crippen LogP contribution is 2.19. The number of aryl methyl sites for hydroxylation is 2. The molecule has 0 amide bonds. The monoisotopic (exact) mass is 189 g/mol. The summed E-state index contributed by atoms with van der Waals surface area (Å²) in [5, 5.41) is 0. The van der Waals surface area contributed by atoms with E-state index in [2.05, 4.69) is 23.4 Å². The number of hydrogen-bond acceptors (Lipinski definition) is 2. The van der Waals surface area contributed by atoms with E-state index in [1.54, 1.807) is 0 Å². The van der Waals surface area contributed by atoms with Gasteiger partial charge in [0.2, 0.25) is 0 Å². The van der Waals surface area contributed by atoms with Crippen LogP contribution in [0.5, 0.6) is 0 Å². The number of anilines is 1. The Bertz CT molecular complexity index is 457. The zero-order chi connectivity index (χ0) is 10.1. The fraction of sp³-hybridized carbons (Fsp3) is 0.364. The van der Waals surface area contributed by atoms with Gasteiger partial charge < -0.3 is 10.3 Å². The quantitative estimate of drug-likeness (QED) is 0.736. The maximum absolute atomic E-state index is 5.72. The van der Waals surface area contributed by atoms with Crippen molar-refractivity contribution in [3.63, 3.8) is 0 Å². The molecular weight excluding hydrogens is 174 g/mol. The lowest BCUT2D eigenvalue weighted by Crippen LogP contribution is -1.99. The molecule has 3 heteroatoms. The number of nitrogens with zero attached hydrogens (tertiary/aromatic N) is 2. The summed E-state index contributed by atoms with van der Waals surface area (Å²) in [6.07, 6.45) is 0.961. The molecule has 2 aromatic rings. The third kappa shape index (κ3) is 1.25. The Labute approximate surface area is 83.6 Å². The van der Waals surface area contributed by atoms with Crippen molar-refractivity contribution in [3.8, 4) is 0 Å². The summed E-state index contributed by atoms with van der Waals surface area (Å²) in [5.41, 5.74) is 8.68. The molecule has 0 radical (unpaired) electrons. The molecule has 1 aromatic carbocycles. The average molecular weight is 189 g/mol. The van der Waals surface area contributed by atoms with Crippen molar-refractivity contribution in [3.05, 3.63) is 24.0 Å². The van der Waals surface area contributed by atoms with E-state index in [-0.39, 0.29) is 0 Å². The van der Waals surface area contributed by atoms with Gasteiger partial charge in [-0.3, -0.25) is 0 Å². The Kier molecular flexibility index (Phi) is 2.15. The van der Waals surface area contributed by atoms with Crippen LogP contribution in [0.2, 0.25) is 0 Å². The summed E-state index contributed by atoms with van der Waals surface area (Å²) in [7, 11) is 0. The molecule has 2 rings (SSSR count). The Balaban J connectivity index is 2.73. The lowest BCUT2D eigenvalue weighted by Gasteiger charge is -2.02. The van der Waals surface area contributed by atoms with Crippen LogP contribution < -0.4 is 5.73 Å². The first-order valence-electron chi connectivity index (χ1n) is 5.01. The van der Waals surface area contributed by atoms with Crippen LogP contribution in [0.15, 0.2) is 18.2 Å². The van der Waals surface area contributed by atoms with Crippen molar-refractivity contribution >= 4 is 16.7 Å². The summed E-state index contributed by atoms with van der Waals surface area (Å²) >= 11 is 0. The zero-order valence-corrected chi connectivity index (χ0v) is 8.62. The number of benzene rings is 1. The molecule has 1 heterocycles. The molecule has 0 spiro atoms. The second-order valence-electron chi connectivity index (χ2n) is 3.37. The predicted molar refractivity (Wildman–Crippen MR) is 59.2 cm³/mol. The molecule has 2 N–H and O–H groups in total. The molecule has 0 aliphatic carbocycles. The van der Waals surface area contributed by atoms with Gasteiger partial charge in [0.25, 0.3) is 0 Å². The number of hydrogen-bond donors (Lipinski definition) is 1.